The van der Waals surface area contributed by atoms with Gasteiger partial charge in [0.1, 0.15) is 0 Å². The summed E-state index contributed by atoms with van der Waals surface area (Å²) in [4.78, 5) is 11.3. The highest BCUT2D eigenvalue weighted by Gasteiger charge is 2.26. The average Bonchev–Trinajstić information content (AvgIpc) is 2.45. The first-order chi connectivity index (χ1) is 9.65. The van der Waals surface area contributed by atoms with E-state index in [1.807, 2.05) is 30.3 Å². The van der Waals surface area contributed by atoms with Gasteiger partial charge in [-0.3, -0.25) is 4.79 Å². The molecule has 0 bridgehead atoms. The lowest BCUT2D eigenvalue weighted by molar-refractivity contribution is -0.145. The Labute approximate surface area is 121 Å². The maximum Gasteiger partial charge on any atom is 0.309 e. The van der Waals surface area contributed by atoms with Crippen LogP contribution < -0.4 is 0 Å². The minimum Gasteiger partial charge on any atom is -0.481 e. The predicted octanol–water partition coefficient (Wildman–Crippen LogP) is 3.65. The van der Waals surface area contributed by atoms with Gasteiger partial charge in [0.2, 0.25) is 0 Å². The molecule has 3 nitrogen and oxygen atoms in total. The highest BCUT2D eigenvalue weighted by atomic mass is 16.4. The molecule has 3 heteroatoms. The Morgan fingerprint density at radius 3 is 2.35 bits per heavy atom. The summed E-state index contributed by atoms with van der Waals surface area (Å²) in [6.45, 7) is 2.16. The SMILES string of the molecule is CCCCCCCC(O)C(Cc1ccccc1)C(=O)O. The molecule has 0 fully saturated rings. The fourth-order valence-corrected chi connectivity index (χ4v) is 2.41. The lowest BCUT2D eigenvalue weighted by Gasteiger charge is -2.19. The van der Waals surface area contributed by atoms with Crippen LogP contribution >= 0.6 is 0 Å². The van der Waals surface area contributed by atoms with Crippen molar-refractivity contribution in [2.45, 2.75) is 58.0 Å². The molecule has 0 heterocycles. The fraction of sp³-hybridized carbons (Fsp3) is 0.588. The third kappa shape index (κ3) is 6.20. The molecule has 20 heavy (non-hydrogen) atoms. The molecule has 2 unspecified atom stereocenters. The van der Waals surface area contributed by atoms with Gasteiger partial charge < -0.3 is 10.2 Å². The van der Waals surface area contributed by atoms with Crippen molar-refractivity contribution >= 4 is 5.97 Å². The number of aliphatic hydroxyl groups is 1. The zero-order chi connectivity index (χ0) is 14.8. The minimum absolute atomic E-state index is 0.395. The molecule has 0 aliphatic rings. The maximum absolute atomic E-state index is 11.3. The van der Waals surface area contributed by atoms with Gasteiger partial charge in [0.25, 0.3) is 0 Å². The first-order valence-corrected chi connectivity index (χ1v) is 7.60. The first kappa shape index (κ1) is 16.7. The van der Waals surface area contributed by atoms with E-state index in [0.29, 0.717) is 12.8 Å². The fourth-order valence-electron chi connectivity index (χ4n) is 2.41. The van der Waals surface area contributed by atoms with Crippen LogP contribution in [0.5, 0.6) is 0 Å². The van der Waals surface area contributed by atoms with Crippen molar-refractivity contribution in [1.82, 2.24) is 0 Å². The summed E-state index contributed by atoms with van der Waals surface area (Å²) in [5, 5.41) is 19.4. The largest absolute Gasteiger partial charge is 0.481 e. The van der Waals surface area contributed by atoms with Gasteiger partial charge in [0.05, 0.1) is 12.0 Å². The van der Waals surface area contributed by atoms with Crippen molar-refractivity contribution in [1.29, 1.82) is 0 Å². The number of rotatable bonds is 10. The average molecular weight is 278 g/mol. The summed E-state index contributed by atoms with van der Waals surface area (Å²) < 4.78 is 0. The van der Waals surface area contributed by atoms with E-state index < -0.39 is 18.0 Å². The summed E-state index contributed by atoms with van der Waals surface area (Å²) >= 11 is 0. The van der Waals surface area contributed by atoms with Crippen LogP contribution in [0.15, 0.2) is 30.3 Å². The zero-order valence-electron chi connectivity index (χ0n) is 12.3. The van der Waals surface area contributed by atoms with E-state index in [-0.39, 0.29) is 0 Å². The molecule has 0 saturated carbocycles. The topological polar surface area (TPSA) is 57.5 Å². The minimum atomic E-state index is -0.907. The standard InChI is InChI=1S/C17H26O3/c1-2-3-4-5-9-12-16(18)15(17(19)20)13-14-10-7-6-8-11-14/h6-8,10-11,15-16,18H,2-5,9,12-13H2,1H3,(H,19,20). The highest BCUT2D eigenvalue weighted by Crippen LogP contribution is 2.18. The summed E-state index contributed by atoms with van der Waals surface area (Å²) in [5.74, 6) is -1.61. The molecule has 1 aromatic carbocycles. The monoisotopic (exact) mass is 278 g/mol. The molecule has 0 spiro atoms. The van der Waals surface area contributed by atoms with Gasteiger partial charge >= 0.3 is 5.97 Å². The van der Waals surface area contributed by atoms with E-state index in [0.717, 1.165) is 18.4 Å². The van der Waals surface area contributed by atoms with Crippen LogP contribution in [0.4, 0.5) is 0 Å². The summed E-state index contributed by atoms with van der Waals surface area (Å²) in [6.07, 6.45) is 5.76. The third-order valence-corrected chi connectivity index (χ3v) is 3.68. The molecule has 0 radical (unpaired) electrons. The molecule has 0 aliphatic carbocycles. The molecular weight excluding hydrogens is 252 g/mol. The maximum atomic E-state index is 11.3. The molecule has 0 amide bonds. The Kier molecular flexibility index (Phi) is 7.97. The summed E-state index contributed by atoms with van der Waals surface area (Å²) in [7, 11) is 0. The Morgan fingerprint density at radius 1 is 1.10 bits per heavy atom. The Bertz CT molecular complexity index is 375. The van der Waals surface area contributed by atoms with Gasteiger partial charge in [-0.15, -0.1) is 0 Å². The highest BCUT2D eigenvalue weighted by molar-refractivity contribution is 5.71. The second-order valence-corrected chi connectivity index (χ2v) is 5.40. The number of carboxylic acid groups (broad SMARTS) is 1. The van der Waals surface area contributed by atoms with Crippen LogP contribution in [-0.2, 0) is 11.2 Å². The Hall–Kier alpha value is -1.35. The third-order valence-electron chi connectivity index (χ3n) is 3.68. The van der Waals surface area contributed by atoms with Crippen molar-refractivity contribution in [2.24, 2.45) is 5.92 Å². The normalized spacial score (nSPS) is 13.9. The molecule has 0 aromatic heterocycles. The van der Waals surface area contributed by atoms with Gasteiger partial charge in [-0.05, 0) is 18.4 Å². The molecule has 0 aliphatic heterocycles. The second kappa shape index (κ2) is 9.54. The first-order valence-electron chi connectivity index (χ1n) is 7.60. The number of hydrogen-bond donors (Lipinski definition) is 2. The molecular formula is C17H26O3. The Balaban J connectivity index is 2.43. The van der Waals surface area contributed by atoms with Crippen LogP contribution in [0.25, 0.3) is 0 Å². The quantitative estimate of drug-likeness (QED) is 0.642. The van der Waals surface area contributed by atoms with Crippen molar-refractivity contribution in [3.8, 4) is 0 Å². The molecule has 2 N–H and O–H groups in total. The van der Waals surface area contributed by atoms with Crippen LogP contribution in [0.2, 0.25) is 0 Å². The molecule has 1 aromatic rings. The zero-order valence-corrected chi connectivity index (χ0v) is 12.3. The lowest BCUT2D eigenvalue weighted by atomic mass is 9.91. The second-order valence-electron chi connectivity index (χ2n) is 5.40. The number of aliphatic carboxylic acids is 1. The number of benzene rings is 1. The lowest BCUT2D eigenvalue weighted by Crippen LogP contribution is -2.30. The number of carboxylic acids is 1. The van der Waals surface area contributed by atoms with Gasteiger partial charge in [0.15, 0.2) is 0 Å². The van der Waals surface area contributed by atoms with Crippen molar-refractivity contribution < 1.29 is 15.0 Å². The van der Waals surface area contributed by atoms with Gasteiger partial charge in [-0.1, -0.05) is 69.4 Å². The van der Waals surface area contributed by atoms with E-state index in [1.54, 1.807) is 0 Å². The van der Waals surface area contributed by atoms with Gasteiger partial charge in [-0.2, -0.15) is 0 Å². The van der Waals surface area contributed by atoms with Crippen LogP contribution in [-0.4, -0.2) is 22.3 Å². The van der Waals surface area contributed by atoms with Gasteiger partial charge in [0, 0.05) is 0 Å². The molecule has 2 atom stereocenters. The molecule has 0 saturated heterocycles. The van der Waals surface area contributed by atoms with Crippen LogP contribution in [0, 0.1) is 5.92 Å². The summed E-state index contributed by atoms with van der Waals surface area (Å²) in [5.41, 5.74) is 0.963. The van der Waals surface area contributed by atoms with Crippen molar-refractivity contribution in [3.63, 3.8) is 0 Å². The van der Waals surface area contributed by atoms with E-state index >= 15 is 0 Å². The van der Waals surface area contributed by atoms with E-state index in [4.69, 9.17) is 0 Å². The predicted molar refractivity (Wildman–Crippen MR) is 80.7 cm³/mol. The van der Waals surface area contributed by atoms with E-state index in [1.165, 1.54) is 19.3 Å². The van der Waals surface area contributed by atoms with Crippen molar-refractivity contribution in [3.05, 3.63) is 35.9 Å². The van der Waals surface area contributed by atoms with Crippen molar-refractivity contribution in [2.75, 3.05) is 0 Å². The number of hydrogen-bond acceptors (Lipinski definition) is 2. The molecule has 112 valence electrons. The van der Waals surface area contributed by atoms with Crippen LogP contribution in [0.3, 0.4) is 0 Å². The van der Waals surface area contributed by atoms with Gasteiger partial charge in [-0.25, -0.2) is 0 Å². The molecule has 1 rings (SSSR count). The van der Waals surface area contributed by atoms with E-state index in [2.05, 4.69) is 6.92 Å². The smallest absolute Gasteiger partial charge is 0.309 e. The number of aliphatic hydroxyl groups excluding tert-OH is 1. The van der Waals surface area contributed by atoms with E-state index in [9.17, 15) is 15.0 Å². The number of unbranched alkanes of at least 4 members (excludes halogenated alkanes) is 4. The van der Waals surface area contributed by atoms with Crippen LogP contribution in [0.1, 0.15) is 51.0 Å². The number of carbonyl (C=O) groups is 1. The summed E-state index contributed by atoms with van der Waals surface area (Å²) in [6, 6.07) is 9.51. The Morgan fingerprint density at radius 2 is 1.75 bits per heavy atom.